The topological polar surface area (TPSA) is 30.7 Å². The second-order valence-electron chi connectivity index (χ2n) is 6.64. The highest BCUT2D eigenvalue weighted by atomic mass is 35.5. The summed E-state index contributed by atoms with van der Waals surface area (Å²) in [6, 6.07) is 16.4. The predicted octanol–water partition coefficient (Wildman–Crippen LogP) is 6.63. The number of nitrogens with zero attached hydrogens (tertiary/aromatic N) is 3. The molecule has 4 rings (SSSR count). The van der Waals surface area contributed by atoms with Crippen molar-refractivity contribution in [2.45, 2.75) is 6.18 Å². The molecule has 30 heavy (non-hydrogen) atoms. The Kier molecular flexibility index (Phi) is 5.07. The molecule has 0 unspecified atom stereocenters. The fourth-order valence-electron chi connectivity index (χ4n) is 3.14. The standard InChI is InChI=1S/C22H14ClF4N3/c1-30-21(28-20(29-30)19-17(23)6-3-7-18(19)24)15-5-2-4-14(12-15)13-8-10-16(11-9-13)22(25,26)27/h2-12H,1H3. The Labute approximate surface area is 174 Å². The summed E-state index contributed by atoms with van der Waals surface area (Å²) in [4.78, 5) is 4.43. The van der Waals surface area contributed by atoms with E-state index in [1.807, 2.05) is 0 Å². The highest BCUT2D eigenvalue weighted by Crippen LogP contribution is 2.33. The number of aryl methyl sites for hydroxylation is 1. The Hall–Kier alpha value is -3.19. The summed E-state index contributed by atoms with van der Waals surface area (Å²) in [6.07, 6.45) is -4.39. The van der Waals surface area contributed by atoms with Crippen LogP contribution < -0.4 is 0 Å². The molecule has 0 radical (unpaired) electrons. The molecular formula is C22H14ClF4N3. The van der Waals surface area contributed by atoms with Crippen LogP contribution in [0.3, 0.4) is 0 Å². The molecule has 4 aromatic rings. The van der Waals surface area contributed by atoms with Crippen LogP contribution in [0.2, 0.25) is 5.02 Å². The van der Waals surface area contributed by atoms with Crippen LogP contribution in [0.1, 0.15) is 5.56 Å². The van der Waals surface area contributed by atoms with Gasteiger partial charge in [-0.1, -0.05) is 48.0 Å². The van der Waals surface area contributed by atoms with Crippen LogP contribution in [0.15, 0.2) is 66.7 Å². The van der Waals surface area contributed by atoms with Crippen molar-refractivity contribution in [2.24, 2.45) is 7.05 Å². The molecule has 0 atom stereocenters. The number of hydrogen-bond donors (Lipinski definition) is 0. The van der Waals surface area contributed by atoms with Crippen molar-refractivity contribution in [1.82, 2.24) is 14.8 Å². The van der Waals surface area contributed by atoms with Crippen LogP contribution >= 0.6 is 11.6 Å². The van der Waals surface area contributed by atoms with Crippen molar-refractivity contribution in [3.05, 3.63) is 83.1 Å². The van der Waals surface area contributed by atoms with Gasteiger partial charge in [-0.2, -0.15) is 18.3 Å². The van der Waals surface area contributed by atoms with Crippen LogP contribution in [0.5, 0.6) is 0 Å². The molecule has 0 aliphatic carbocycles. The van der Waals surface area contributed by atoms with E-state index in [4.69, 9.17) is 11.6 Å². The molecule has 0 aliphatic heterocycles. The molecule has 3 nitrogen and oxygen atoms in total. The van der Waals surface area contributed by atoms with Gasteiger partial charge in [0.15, 0.2) is 11.6 Å². The molecule has 0 bridgehead atoms. The number of rotatable bonds is 3. The van der Waals surface area contributed by atoms with Crippen molar-refractivity contribution in [3.63, 3.8) is 0 Å². The van der Waals surface area contributed by atoms with E-state index in [0.717, 1.165) is 17.7 Å². The zero-order valence-corrected chi connectivity index (χ0v) is 16.3. The van der Waals surface area contributed by atoms with Gasteiger partial charge in [-0.05, 0) is 41.5 Å². The number of alkyl halides is 3. The minimum absolute atomic E-state index is 0.111. The van der Waals surface area contributed by atoms with Crippen LogP contribution in [0, 0.1) is 5.82 Å². The van der Waals surface area contributed by atoms with E-state index in [1.54, 1.807) is 37.4 Å². The minimum Gasteiger partial charge on any atom is -0.248 e. The smallest absolute Gasteiger partial charge is 0.248 e. The quantitative estimate of drug-likeness (QED) is 0.341. The van der Waals surface area contributed by atoms with Crippen molar-refractivity contribution < 1.29 is 17.6 Å². The molecule has 0 fully saturated rings. The monoisotopic (exact) mass is 431 g/mol. The van der Waals surface area contributed by atoms with Gasteiger partial charge in [-0.3, -0.25) is 0 Å². The zero-order valence-electron chi connectivity index (χ0n) is 15.6. The first-order valence-corrected chi connectivity index (χ1v) is 9.25. The Balaban J connectivity index is 1.72. The molecule has 3 aromatic carbocycles. The Bertz CT molecular complexity index is 1190. The molecule has 0 spiro atoms. The van der Waals surface area contributed by atoms with Gasteiger partial charge in [-0.25, -0.2) is 14.1 Å². The Morgan fingerprint density at radius 1 is 0.867 bits per heavy atom. The lowest BCUT2D eigenvalue weighted by molar-refractivity contribution is -0.137. The fraction of sp³-hybridized carbons (Fsp3) is 0.0909. The number of aromatic nitrogens is 3. The van der Waals surface area contributed by atoms with Gasteiger partial charge in [0.1, 0.15) is 5.82 Å². The summed E-state index contributed by atoms with van der Waals surface area (Å²) in [7, 11) is 1.67. The van der Waals surface area contributed by atoms with E-state index in [9.17, 15) is 17.6 Å². The Morgan fingerprint density at radius 2 is 1.53 bits per heavy atom. The predicted molar refractivity (Wildman–Crippen MR) is 107 cm³/mol. The van der Waals surface area contributed by atoms with Crippen molar-refractivity contribution in [1.29, 1.82) is 0 Å². The second kappa shape index (κ2) is 7.57. The van der Waals surface area contributed by atoms with Crippen LogP contribution in [0.25, 0.3) is 33.9 Å². The van der Waals surface area contributed by atoms with E-state index >= 15 is 0 Å². The van der Waals surface area contributed by atoms with E-state index in [0.29, 0.717) is 17.0 Å². The first-order chi connectivity index (χ1) is 14.2. The molecule has 1 aromatic heterocycles. The van der Waals surface area contributed by atoms with Crippen molar-refractivity contribution in [2.75, 3.05) is 0 Å². The third kappa shape index (κ3) is 3.80. The molecule has 0 saturated carbocycles. The minimum atomic E-state index is -4.39. The first kappa shape index (κ1) is 20.1. The molecule has 1 heterocycles. The lowest BCUT2D eigenvalue weighted by Crippen LogP contribution is -2.03. The molecular weight excluding hydrogens is 418 g/mol. The lowest BCUT2D eigenvalue weighted by atomic mass is 10.0. The van der Waals surface area contributed by atoms with E-state index < -0.39 is 17.6 Å². The normalized spacial score (nSPS) is 11.7. The van der Waals surface area contributed by atoms with E-state index in [-0.39, 0.29) is 16.4 Å². The maximum absolute atomic E-state index is 14.2. The van der Waals surface area contributed by atoms with Crippen LogP contribution in [-0.2, 0) is 13.2 Å². The molecule has 8 heteroatoms. The average molecular weight is 432 g/mol. The van der Waals surface area contributed by atoms with E-state index in [2.05, 4.69) is 10.1 Å². The summed E-state index contributed by atoms with van der Waals surface area (Å²) < 4.78 is 54.1. The summed E-state index contributed by atoms with van der Waals surface area (Å²) in [5, 5.41) is 4.48. The van der Waals surface area contributed by atoms with Gasteiger partial charge in [0.2, 0.25) is 0 Å². The SMILES string of the molecule is Cn1nc(-c2c(F)cccc2Cl)nc1-c1cccc(-c2ccc(C(F)(F)F)cc2)c1. The molecule has 0 saturated heterocycles. The highest BCUT2D eigenvalue weighted by Gasteiger charge is 2.30. The number of halogens is 5. The van der Waals surface area contributed by atoms with Crippen LogP contribution in [-0.4, -0.2) is 14.8 Å². The van der Waals surface area contributed by atoms with Crippen molar-refractivity contribution in [3.8, 4) is 33.9 Å². The first-order valence-electron chi connectivity index (χ1n) is 8.87. The van der Waals surface area contributed by atoms with Gasteiger partial charge in [0.05, 0.1) is 16.1 Å². The molecule has 0 amide bonds. The zero-order chi connectivity index (χ0) is 21.5. The molecule has 0 N–H and O–H groups in total. The number of hydrogen-bond acceptors (Lipinski definition) is 2. The molecule has 152 valence electrons. The maximum Gasteiger partial charge on any atom is 0.416 e. The molecule has 0 aliphatic rings. The van der Waals surface area contributed by atoms with Gasteiger partial charge < -0.3 is 0 Å². The third-order valence-electron chi connectivity index (χ3n) is 4.62. The maximum atomic E-state index is 14.2. The summed E-state index contributed by atoms with van der Waals surface area (Å²) in [5.74, 6) is 0.0896. The van der Waals surface area contributed by atoms with Crippen LogP contribution in [0.4, 0.5) is 17.6 Å². The number of benzene rings is 3. The van der Waals surface area contributed by atoms with Gasteiger partial charge in [0.25, 0.3) is 0 Å². The lowest BCUT2D eigenvalue weighted by Gasteiger charge is -2.09. The Morgan fingerprint density at radius 3 is 2.20 bits per heavy atom. The largest absolute Gasteiger partial charge is 0.416 e. The third-order valence-corrected chi connectivity index (χ3v) is 4.93. The highest BCUT2D eigenvalue weighted by molar-refractivity contribution is 6.33. The second-order valence-corrected chi connectivity index (χ2v) is 7.04. The summed E-state index contributed by atoms with van der Waals surface area (Å²) in [6.45, 7) is 0. The average Bonchev–Trinajstić information content (AvgIpc) is 3.08. The summed E-state index contributed by atoms with van der Waals surface area (Å²) in [5.41, 5.74) is 1.43. The van der Waals surface area contributed by atoms with Gasteiger partial charge >= 0.3 is 6.18 Å². The van der Waals surface area contributed by atoms with Gasteiger partial charge in [0, 0.05) is 12.6 Å². The fourth-order valence-corrected chi connectivity index (χ4v) is 3.39. The van der Waals surface area contributed by atoms with Gasteiger partial charge in [-0.15, -0.1) is 0 Å². The summed E-state index contributed by atoms with van der Waals surface area (Å²) >= 11 is 6.11. The van der Waals surface area contributed by atoms with Crippen molar-refractivity contribution >= 4 is 11.6 Å². The van der Waals surface area contributed by atoms with E-state index in [1.165, 1.54) is 28.9 Å².